The van der Waals surface area contributed by atoms with Crippen LogP contribution in [0.4, 0.5) is 0 Å². The van der Waals surface area contributed by atoms with Gasteiger partial charge >= 0.3 is 5.97 Å². The third-order valence-corrected chi connectivity index (χ3v) is 3.46. The fourth-order valence-corrected chi connectivity index (χ4v) is 2.31. The van der Waals surface area contributed by atoms with Crippen LogP contribution in [0.25, 0.3) is 0 Å². The van der Waals surface area contributed by atoms with Crippen molar-refractivity contribution in [2.45, 2.75) is 13.5 Å². The van der Waals surface area contributed by atoms with Gasteiger partial charge in [0.1, 0.15) is 0 Å². The van der Waals surface area contributed by atoms with E-state index in [-0.39, 0.29) is 18.0 Å². The minimum absolute atomic E-state index is 0.159. The molecule has 2 aromatic rings. The van der Waals surface area contributed by atoms with Crippen LogP contribution in [0.2, 0.25) is 0 Å². The molecule has 0 aromatic carbocycles. The standard InChI is InChI=1S/C13H12N2O3S/c1-8-2-3-11(19-8)12(16)15-7-10-6-9(13(17)18)4-5-14-10/h2-6H,7H2,1H3,(H,15,16)(H,17,18). The number of rotatable bonds is 4. The second-order valence-corrected chi connectivity index (χ2v) is 5.22. The number of carbonyl (C=O) groups is 2. The molecule has 0 saturated heterocycles. The summed E-state index contributed by atoms with van der Waals surface area (Å²) in [5.41, 5.74) is 0.674. The molecule has 0 aliphatic carbocycles. The maximum absolute atomic E-state index is 11.8. The first-order valence-electron chi connectivity index (χ1n) is 5.59. The van der Waals surface area contributed by atoms with E-state index < -0.39 is 5.97 Å². The van der Waals surface area contributed by atoms with Crippen LogP contribution >= 0.6 is 11.3 Å². The van der Waals surface area contributed by atoms with E-state index >= 15 is 0 Å². The monoisotopic (exact) mass is 276 g/mol. The zero-order valence-electron chi connectivity index (χ0n) is 10.2. The highest BCUT2D eigenvalue weighted by Crippen LogP contribution is 2.14. The average Bonchev–Trinajstić information content (AvgIpc) is 2.83. The van der Waals surface area contributed by atoms with Crippen LogP contribution in [-0.2, 0) is 6.54 Å². The van der Waals surface area contributed by atoms with Crippen molar-refractivity contribution >= 4 is 23.2 Å². The molecule has 19 heavy (non-hydrogen) atoms. The van der Waals surface area contributed by atoms with E-state index in [1.807, 2.05) is 13.0 Å². The normalized spacial score (nSPS) is 10.2. The van der Waals surface area contributed by atoms with E-state index in [1.165, 1.54) is 29.7 Å². The third kappa shape index (κ3) is 3.38. The van der Waals surface area contributed by atoms with Gasteiger partial charge in [-0.2, -0.15) is 0 Å². The van der Waals surface area contributed by atoms with Crippen LogP contribution in [0.1, 0.15) is 30.6 Å². The van der Waals surface area contributed by atoms with E-state index in [9.17, 15) is 9.59 Å². The van der Waals surface area contributed by atoms with E-state index in [1.54, 1.807) is 6.07 Å². The maximum Gasteiger partial charge on any atom is 0.335 e. The molecule has 1 amide bonds. The molecular formula is C13H12N2O3S. The Morgan fingerprint density at radius 1 is 1.37 bits per heavy atom. The molecule has 0 bridgehead atoms. The summed E-state index contributed by atoms with van der Waals surface area (Å²) >= 11 is 1.41. The lowest BCUT2D eigenvalue weighted by molar-refractivity contribution is 0.0696. The largest absolute Gasteiger partial charge is 0.478 e. The Morgan fingerprint density at radius 2 is 2.16 bits per heavy atom. The van der Waals surface area contributed by atoms with Crippen LogP contribution in [0.5, 0.6) is 0 Å². The number of pyridine rings is 1. The smallest absolute Gasteiger partial charge is 0.335 e. The summed E-state index contributed by atoms with van der Waals surface area (Å²) in [7, 11) is 0. The Balaban J connectivity index is 2.01. The number of aryl methyl sites for hydroxylation is 1. The van der Waals surface area contributed by atoms with Crippen LogP contribution in [0.3, 0.4) is 0 Å². The summed E-state index contributed by atoms with van der Waals surface area (Å²) in [4.78, 5) is 28.3. The van der Waals surface area contributed by atoms with Gasteiger partial charge in [-0.05, 0) is 31.2 Å². The number of aromatic nitrogens is 1. The molecule has 98 valence electrons. The minimum Gasteiger partial charge on any atom is -0.478 e. The van der Waals surface area contributed by atoms with Crippen LogP contribution < -0.4 is 5.32 Å². The second kappa shape index (κ2) is 5.62. The SMILES string of the molecule is Cc1ccc(C(=O)NCc2cc(C(=O)O)ccn2)s1. The Morgan fingerprint density at radius 3 is 2.79 bits per heavy atom. The first-order chi connectivity index (χ1) is 9.06. The zero-order valence-corrected chi connectivity index (χ0v) is 11.0. The number of amides is 1. The van der Waals surface area contributed by atoms with E-state index in [4.69, 9.17) is 5.11 Å². The van der Waals surface area contributed by atoms with Gasteiger partial charge in [0.25, 0.3) is 5.91 Å². The highest BCUT2D eigenvalue weighted by molar-refractivity contribution is 7.13. The minimum atomic E-state index is -1.01. The second-order valence-electron chi connectivity index (χ2n) is 3.93. The molecule has 0 saturated carbocycles. The lowest BCUT2D eigenvalue weighted by Crippen LogP contribution is -2.22. The van der Waals surface area contributed by atoms with Gasteiger partial charge in [-0.15, -0.1) is 11.3 Å². The molecule has 0 fully saturated rings. The molecule has 2 N–H and O–H groups in total. The summed E-state index contributed by atoms with van der Waals surface area (Å²) in [5, 5.41) is 11.6. The van der Waals surface area contributed by atoms with Crippen molar-refractivity contribution in [1.82, 2.24) is 10.3 Å². The van der Waals surface area contributed by atoms with Gasteiger partial charge in [-0.25, -0.2) is 4.79 Å². The van der Waals surface area contributed by atoms with Gasteiger partial charge in [0.15, 0.2) is 0 Å². The molecule has 0 radical (unpaired) electrons. The van der Waals surface area contributed by atoms with Crippen LogP contribution in [-0.4, -0.2) is 22.0 Å². The molecule has 2 aromatic heterocycles. The first kappa shape index (κ1) is 13.2. The lowest BCUT2D eigenvalue weighted by atomic mass is 10.2. The fourth-order valence-electron chi connectivity index (χ4n) is 1.52. The van der Waals surface area contributed by atoms with E-state index in [0.29, 0.717) is 10.6 Å². The molecule has 0 spiro atoms. The highest BCUT2D eigenvalue weighted by atomic mass is 32.1. The molecule has 5 nitrogen and oxygen atoms in total. The number of hydrogen-bond acceptors (Lipinski definition) is 4. The summed E-state index contributed by atoms with van der Waals surface area (Å²) in [5.74, 6) is -1.19. The number of carboxylic acid groups (broad SMARTS) is 1. The summed E-state index contributed by atoms with van der Waals surface area (Å²) in [6, 6.07) is 6.50. The molecule has 0 atom stereocenters. The van der Waals surface area contributed by atoms with Gasteiger partial charge < -0.3 is 10.4 Å². The van der Waals surface area contributed by atoms with Crippen molar-refractivity contribution < 1.29 is 14.7 Å². The quantitative estimate of drug-likeness (QED) is 0.896. The Labute approximate surface area is 113 Å². The molecule has 0 unspecified atom stereocenters. The Bertz CT molecular complexity index is 622. The Kier molecular flexibility index (Phi) is 3.91. The van der Waals surface area contributed by atoms with Gasteiger partial charge in [0.05, 0.1) is 22.7 Å². The van der Waals surface area contributed by atoms with Crippen molar-refractivity contribution in [2.75, 3.05) is 0 Å². The van der Waals surface area contributed by atoms with Crippen molar-refractivity contribution in [3.8, 4) is 0 Å². The highest BCUT2D eigenvalue weighted by Gasteiger charge is 2.09. The summed E-state index contributed by atoms with van der Waals surface area (Å²) in [6.07, 6.45) is 1.42. The Hall–Kier alpha value is -2.21. The molecule has 0 aliphatic rings. The number of aromatic carboxylic acids is 1. The van der Waals surface area contributed by atoms with Gasteiger partial charge in [-0.1, -0.05) is 0 Å². The van der Waals surface area contributed by atoms with Crippen molar-refractivity contribution in [2.24, 2.45) is 0 Å². The van der Waals surface area contributed by atoms with Crippen molar-refractivity contribution in [3.63, 3.8) is 0 Å². The molecule has 6 heteroatoms. The number of carboxylic acids is 1. The number of carbonyl (C=O) groups excluding carboxylic acids is 1. The topological polar surface area (TPSA) is 79.3 Å². The van der Waals surface area contributed by atoms with Crippen molar-refractivity contribution in [3.05, 3.63) is 51.5 Å². The summed E-state index contributed by atoms with van der Waals surface area (Å²) in [6.45, 7) is 2.14. The maximum atomic E-state index is 11.8. The van der Waals surface area contributed by atoms with Gasteiger partial charge in [0.2, 0.25) is 0 Å². The van der Waals surface area contributed by atoms with Crippen molar-refractivity contribution in [1.29, 1.82) is 0 Å². The predicted octanol–water partition coefficient (Wildman–Crippen LogP) is 2.08. The number of nitrogens with zero attached hydrogens (tertiary/aromatic N) is 1. The fraction of sp³-hybridized carbons (Fsp3) is 0.154. The van der Waals surface area contributed by atoms with Gasteiger partial charge in [0, 0.05) is 11.1 Å². The molecule has 0 aliphatic heterocycles. The summed E-state index contributed by atoms with van der Waals surface area (Å²) < 4.78 is 0. The molecule has 2 rings (SSSR count). The van der Waals surface area contributed by atoms with E-state index in [2.05, 4.69) is 10.3 Å². The van der Waals surface area contributed by atoms with Gasteiger partial charge in [-0.3, -0.25) is 9.78 Å². The number of nitrogens with one attached hydrogen (secondary N) is 1. The zero-order chi connectivity index (χ0) is 13.8. The number of thiophene rings is 1. The van der Waals surface area contributed by atoms with Crippen LogP contribution in [0.15, 0.2) is 30.5 Å². The first-order valence-corrected chi connectivity index (χ1v) is 6.41. The third-order valence-electron chi connectivity index (χ3n) is 2.46. The lowest BCUT2D eigenvalue weighted by Gasteiger charge is -2.03. The predicted molar refractivity (Wildman–Crippen MR) is 71.4 cm³/mol. The molecule has 2 heterocycles. The average molecular weight is 276 g/mol. The van der Waals surface area contributed by atoms with Crippen LogP contribution in [0, 0.1) is 6.92 Å². The molecular weight excluding hydrogens is 264 g/mol. The van der Waals surface area contributed by atoms with E-state index in [0.717, 1.165) is 4.88 Å². The number of hydrogen-bond donors (Lipinski definition) is 2.